The van der Waals surface area contributed by atoms with Crippen LogP contribution in [-0.4, -0.2) is 15.5 Å². The van der Waals surface area contributed by atoms with E-state index in [-0.39, 0.29) is 17.4 Å². The summed E-state index contributed by atoms with van der Waals surface area (Å²) < 4.78 is 15.3. The fourth-order valence-corrected chi connectivity index (χ4v) is 3.04. The number of amides is 1. The molecule has 2 N–H and O–H groups in total. The van der Waals surface area contributed by atoms with E-state index in [0.717, 1.165) is 29.4 Å². The lowest BCUT2D eigenvalue weighted by atomic mass is 10.1. The standard InChI is InChI=1S/C20H18FN3O2/c1-12-15(21)3-2-4-16(12)22-19(25)10-6-13-5-9-18-17(11-13)23-20(26)24(18)14-7-8-14/h2-6,9-11,14H,7-8H2,1H3,(H,22,25)(H,23,26)/b10-6+. The lowest BCUT2D eigenvalue weighted by molar-refractivity contribution is -0.111. The van der Waals surface area contributed by atoms with Crippen LogP contribution in [0.25, 0.3) is 17.1 Å². The first-order chi connectivity index (χ1) is 12.5. The molecule has 132 valence electrons. The van der Waals surface area contributed by atoms with E-state index >= 15 is 0 Å². The molecule has 2 aromatic carbocycles. The molecule has 0 radical (unpaired) electrons. The number of nitrogens with one attached hydrogen (secondary N) is 2. The van der Waals surface area contributed by atoms with Crippen LogP contribution in [-0.2, 0) is 4.79 Å². The van der Waals surface area contributed by atoms with Crippen LogP contribution in [0.1, 0.15) is 30.0 Å². The smallest absolute Gasteiger partial charge is 0.322 e. The van der Waals surface area contributed by atoms with E-state index in [9.17, 15) is 14.0 Å². The van der Waals surface area contributed by atoms with Crippen LogP contribution in [0.5, 0.6) is 0 Å². The van der Waals surface area contributed by atoms with Gasteiger partial charge in [-0.3, -0.25) is 9.36 Å². The maximum Gasteiger partial charge on any atom is 0.326 e. The number of benzene rings is 2. The summed E-state index contributed by atoms with van der Waals surface area (Å²) in [7, 11) is 0. The molecule has 1 saturated carbocycles. The number of fused-ring (bicyclic) bond motifs is 1. The summed E-state index contributed by atoms with van der Waals surface area (Å²) in [5.41, 5.74) is 3.19. The monoisotopic (exact) mass is 351 g/mol. The number of carbonyl (C=O) groups excluding carboxylic acids is 1. The number of H-pyrrole nitrogens is 1. The Balaban J connectivity index is 1.53. The Morgan fingerprint density at radius 1 is 1.31 bits per heavy atom. The van der Waals surface area contributed by atoms with Crippen LogP contribution in [0.2, 0.25) is 0 Å². The molecule has 3 aromatic rings. The van der Waals surface area contributed by atoms with E-state index in [1.54, 1.807) is 29.7 Å². The zero-order valence-corrected chi connectivity index (χ0v) is 14.3. The molecule has 0 unspecified atom stereocenters. The molecule has 1 aliphatic carbocycles. The maximum atomic E-state index is 13.5. The second kappa shape index (κ2) is 6.29. The molecular weight excluding hydrogens is 333 g/mol. The number of aromatic amines is 1. The van der Waals surface area contributed by atoms with Crippen LogP contribution in [0, 0.1) is 12.7 Å². The van der Waals surface area contributed by atoms with Gasteiger partial charge in [0.1, 0.15) is 5.82 Å². The van der Waals surface area contributed by atoms with Gasteiger partial charge in [-0.15, -0.1) is 0 Å². The molecule has 5 nitrogen and oxygen atoms in total. The predicted octanol–water partition coefficient (Wildman–Crippen LogP) is 3.76. The summed E-state index contributed by atoms with van der Waals surface area (Å²) in [6.07, 6.45) is 5.13. The van der Waals surface area contributed by atoms with Crippen molar-refractivity contribution in [1.82, 2.24) is 9.55 Å². The van der Waals surface area contributed by atoms with E-state index in [4.69, 9.17) is 0 Å². The topological polar surface area (TPSA) is 66.9 Å². The summed E-state index contributed by atoms with van der Waals surface area (Å²) in [4.78, 5) is 27.0. The fraction of sp³-hybridized carbons (Fsp3) is 0.200. The Morgan fingerprint density at radius 2 is 2.12 bits per heavy atom. The molecule has 1 heterocycles. The Morgan fingerprint density at radius 3 is 2.88 bits per heavy atom. The summed E-state index contributed by atoms with van der Waals surface area (Å²) in [6, 6.07) is 10.5. The highest BCUT2D eigenvalue weighted by atomic mass is 19.1. The minimum atomic E-state index is -0.360. The summed E-state index contributed by atoms with van der Waals surface area (Å²) >= 11 is 0. The SMILES string of the molecule is Cc1c(F)cccc1NC(=O)/C=C/c1ccc2c(c1)[nH]c(=O)n2C1CC1. The van der Waals surface area contributed by atoms with Gasteiger partial charge in [0.15, 0.2) is 0 Å². The first-order valence-corrected chi connectivity index (χ1v) is 8.51. The van der Waals surface area contributed by atoms with Gasteiger partial charge >= 0.3 is 5.69 Å². The Labute approximate surface area is 149 Å². The van der Waals surface area contributed by atoms with Crippen molar-refractivity contribution in [3.05, 3.63) is 69.9 Å². The zero-order chi connectivity index (χ0) is 18.3. The van der Waals surface area contributed by atoms with Gasteiger partial charge in [-0.05, 0) is 55.7 Å². The van der Waals surface area contributed by atoms with Gasteiger partial charge in [0, 0.05) is 23.4 Å². The van der Waals surface area contributed by atoms with Crippen molar-refractivity contribution in [3.8, 4) is 0 Å². The number of hydrogen-bond acceptors (Lipinski definition) is 2. The fourth-order valence-electron chi connectivity index (χ4n) is 3.04. The van der Waals surface area contributed by atoms with E-state index < -0.39 is 0 Å². The average Bonchev–Trinajstić information content (AvgIpc) is 3.39. The summed E-state index contributed by atoms with van der Waals surface area (Å²) in [5, 5.41) is 2.67. The molecule has 1 fully saturated rings. The predicted molar refractivity (Wildman–Crippen MR) is 99.6 cm³/mol. The number of rotatable bonds is 4. The van der Waals surface area contributed by atoms with Crippen molar-refractivity contribution in [3.63, 3.8) is 0 Å². The van der Waals surface area contributed by atoms with Crippen molar-refractivity contribution < 1.29 is 9.18 Å². The molecule has 26 heavy (non-hydrogen) atoms. The molecule has 1 aliphatic rings. The molecular formula is C20H18FN3O2. The lowest BCUT2D eigenvalue weighted by Crippen LogP contribution is -2.14. The number of aromatic nitrogens is 2. The van der Waals surface area contributed by atoms with Gasteiger partial charge < -0.3 is 10.3 Å². The van der Waals surface area contributed by atoms with Gasteiger partial charge in [0.25, 0.3) is 0 Å². The highest BCUT2D eigenvalue weighted by Gasteiger charge is 2.27. The normalized spacial score (nSPS) is 14.2. The first-order valence-electron chi connectivity index (χ1n) is 8.51. The molecule has 1 aromatic heterocycles. The van der Waals surface area contributed by atoms with Crippen molar-refractivity contribution in [2.45, 2.75) is 25.8 Å². The first kappa shape index (κ1) is 16.3. The second-order valence-electron chi connectivity index (χ2n) is 6.54. The minimum Gasteiger partial charge on any atom is -0.322 e. The quantitative estimate of drug-likeness (QED) is 0.703. The Bertz CT molecular complexity index is 1090. The molecule has 4 rings (SSSR count). The van der Waals surface area contributed by atoms with Gasteiger partial charge in [-0.1, -0.05) is 12.1 Å². The third kappa shape index (κ3) is 3.06. The van der Waals surface area contributed by atoms with Crippen LogP contribution in [0.4, 0.5) is 10.1 Å². The molecule has 0 bridgehead atoms. The molecule has 0 saturated heterocycles. The Kier molecular flexibility index (Phi) is 3.95. The second-order valence-corrected chi connectivity index (χ2v) is 6.54. The van der Waals surface area contributed by atoms with E-state index in [1.807, 2.05) is 18.2 Å². The van der Waals surface area contributed by atoms with E-state index in [0.29, 0.717) is 17.3 Å². The molecule has 0 spiro atoms. The van der Waals surface area contributed by atoms with Crippen LogP contribution >= 0.6 is 0 Å². The number of nitrogens with zero attached hydrogens (tertiary/aromatic N) is 1. The van der Waals surface area contributed by atoms with Crippen LogP contribution in [0.15, 0.2) is 47.3 Å². The molecule has 0 aliphatic heterocycles. The van der Waals surface area contributed by atoms with Gasteiger partial charge in [-0.25, -0.2) is 9.18 Å². The van der Waals surface area contributed by atoms with Crippen molar-refractivity contribution in [2.24, 2.45) is 0 Å². The van der Waals surface area contributed by atoms with Crippen LogP contribution in [0.3, 0.4) is 0 Å². The third-order valence-electron chi connectivity index (χ3n) is 4.61. The van der Waals surface area contributed by atoms with Crippen molar-refractivity contribution >= 4 is 28.7 Å². The number of anilines is 1. The maximum absolute atomic E-state index is 13.5. The largest absolute Gasteiger partial charge is 0.326 e. The molecule has 1 amide bonds. The number of imidazole rings is 1. The van der Waals surface area contributed by atoms with Crippen molar-refractivity contribution in [1.29, 1.82) is 0 Å². The van der Waals surface area contributed by atoms with E-state index in [1.165, 1.54) is 12.1 Å². The third-order valence-corrected chi connectivity index (χ3v) is 4.61. The summed E-state index contributed by atoms with van der Waals surface area (Å²) in [6.45, 7) is 1.61. The lowest BCUT2D eigenvalue weighted by Gasteiger charge is -2.06. The number of hydrogen-bond donors (Lipinski definition) is 2. The van der Waals surface area contributed by atoms with Gasteiger partial charge in [-0.2, -0.15) is 0 Å². The van der Waals surface area contributed by atoms with Crippen LogP contribution < -0.4 is 11.0 Å². The Hall–Kier alpha value is -3.15. The van der Waals surface area contributed by atoms with E-state index in [2.05, 4.69) is 10.3 Å². The highest BCUT2D eigenvalue weighted by molar-refractivity contribution is 6.02. The van der Waals surface area contributed by atoms with Gasteiger partial charge in [0.05, 0.1) is 11.0 Å². The number of carbonyl (C=O) groups is 1. The molecule has 6 heteroatoms. The number of halogens is 1. The average molecular weight is 351 g/mol. The molecule has 0 atom stereocenters. The van der Waals surface area contributed by atoms with Gasteiger partial charge in [0.2, 0.25) is 5.91 Å². The summed E-state index contributed by atoms with van der Waals surface area (Å²) in [5.74, 6) is -0.704. The zero-order valence-electron chi connectivity index (χ0n) is 14.3. The highest BCUT2D eigenvalue weighted by Crippen LogP contribution is 2.35. The van der Waals surface area contributed by atoms with Crippen molar-refractivity contribution in [2.75, 3.05) is 5.32 Å². The minimum absolute atomic E-state index is 0.0945.